The fraction of sp³-hybridized carbons (Fsp3) is 0.500. The number of hydrogen-bond donors (Lipinski definition) is 1. The van der Waals surface area contributed by atoms with Gasteiger partial charge in [0.25, 0.3) is 5.91 Å². The fourth-order valence-electron chi connectivity index (χ4n) is 1.24. The summed E-state index contributed by atoms with van der Waals surface area (Å²) in [5.74, 6) is -0.662. The van der Waals surface area contributed by atoms with Crippen molar-refractivity contribution < 1.29 is 14.3 Å². The van der Waals surface area contributed by atoms with Crippen LogP contribution in [0.25, 0.3) is 0 Å². The molecule has 0 aliphatic rings. The second-order valence-corrected chi connectivity index (χ2v) is 3.09. The molecule has 1 amide bonds. The Bertz CT molecular complexity index is 348. The first-order chi connectivity index (χ1) is 7.69. The predicted molar refractivity (Wildman–Crippen MR) is 56.8 cm³/mol. The molecular weight excluding hydrogens is 210 g/mol. The lowest BCUT2D eigenvalue weighted by Crippen LogP contribution is -2.36. The molecule has 0 radical (unpaired) electrons. The zero-order valence-corrected chi connectivity index (χ0v) is 9.40. The van der Waals surface area contributed by atoms with E-state index in [0.29, 0.717) is 18.8 Å². The number of esters is 1. The molecule has 1 heterocycles. The van der Waals surface area contributed by atoms with E-state index >= 15 is 0 Å². The number of carbonyl (C=O) groups excluding carboxylic acids is 2. The first-order valence-corrected chi connectivity index (χ1v) is 5.13. The lowest BCUT2D eigenvalue weighted by molar-refractivity contribution is -0.143. The summed E-state index contributed by atoms with van der Waals surface area (Å²) in [5, 5.41) is 6.25. The molecule has 1 rings (SSSR count). The van der Waals surface area contributed by atoms with E-state index in [2.05, 4.69) is 10.2 Å². The van der Waals surface area contributed by atoms with Crippen LogP contribution in [0.3, 0.4) is 0 Å². The summed E-state index contributed by atoms with van der Waals surface area (Å²) >= 11 is 0. The topological polar surface area (TPSA) is 75.3 Å². The summed E-state index contributed by atoms with van der Waals surface area (Å²) in [7, 11) is 0. The number of carbonyl (C=O) groups is 2. The van der Waals surface area contributed by atoms with Gasteiger partial charge in [-0.2, -0.15) is 5.10 Å². The third-order valence-corrected chi connectivity index (χ3v) is 2.03. The molecule has 1 N–H and O–H groups in total. The molecule has 0 saturated heterocycles. The molecule has 88 valence electrons. The Balaban J connectivity index is 2.61. The van der Waals surface area contributed by atoms with Gasteiger partial charge in [0, 0.05) is 12.7 Å². The van der Waals surface area contributed by atoms with Crippen LogP contribution in [-0.4, -0.2) is 46.7 Å². The molecular formula is C10H15N3O3. The van der Waals surface area contributed by atoms with Gasteiger partial charge in [-0.25, -0.2) is 0 Å². The van der Waals surface area contributed by atoms with Crippen LogP contribution in [0.5, 0.6) is 0 Å². The van der Waals surface area contributed by atoms with Crippen molar-refractivity contribution in [2.45, 2.75) is 13.8 Å². The van der Waals surface area contributed by atoms with E-state index in [1.165, 1.54) is 11.1 Å². The van der Waals surface area contributed by atoms with Crippen molar-refractivity contribution in [3.05, 3.63) is 18.0 Å². The van der Waals surface area contributed by atoms with Crippen molar-refractivity contribution in [3.8, 4) is 0 Å². The summed E-state index contributed by atoms with van der Waals surface area (Å²) in [6.07, 6.45) is 1.49. The Kier molecular flexibility index (Phi) is 4.50. The predicted octanol–water partition coefficient (Wildman–Crippen LogP) is 0.435. The number of ether oxygens (including phenoxy) is 1. The smallest absolute Gasteiger partial charge is 0.325 e. The summed E-state index contributed by atoms with van der Waals surface area (Å²) in [4.78, 5) is 24.5. The van der Waals surface area contributed by atoms with Crippen LogP contribution >= 0.6 is 0 Å². The second-order valence-electron chi connectivity index (χ2n) is 3.09. The lowest BCUT2D eigenvalue weighted by Gasteiger charge is -2.18. The number of nitrogens with one attached hydrogen (secondary N) is 1. The van der Waals surface area contributed by atoms with Crippen LogP contribution in [0.15, 0.2) is 12.3 Å². The number of hydrogen-bond acceptors (Lipinski definition) is 4. The third kappa shape index (κ3) is 3.08. The Morgan fingerprint density at radius 2 is 2.25 bits per heavy atom. The van der Waals surface area contributed by atoms with Crippen LogP contribution in [0.4, 0.5) is 0 Å². The van der Waals surface area contributed by atoms with E-state index in [0.717, 1.165) is 0 Å². The van der Waals surface area contributed by atoms with Gasteiger partial charge in [-0.3, -0.25) is 14.7 Å². The fourth-order valence-corrected chi connectivity index (χ4v) is 1.24. The molecule has 6 nitrogen and oxygen atoms in total. The average Bonchev–Trinajstić information content (AvgIpc) is 2.78. The van der Waals surface area contributed by atoms with Gasteiger partial charge in [0.15, 0.2) is 0 Å². The van der Waals surface area contributed by atoms with E-state index in [-0.39, 0.29) is 12.5 Å². The molecule has 16 heavy (non-hydrogen) atoms. The molecule has 0 fully saturated rings. The first kappa shape index (κ1) is 12.2. The third-order valence-electron chi connectivity index (χ3n) is 2.03. The average molecular weight is 225 g/mol. The largest absolute Gasteiger partial charge is 0.465 e. The van der Waals surface area contributed by atoms with E-state index < -0.39 is 5.97 Å². The quantitative estimate of drug-likeness (QED) is 0.737. The van der Waals surface area contributed by atoms with Crippen molar-refractivity contribution >= 4 is 11.9 Å². The maximum atomic E-state index is 11.8. The molecule has 0 aliphatic carbocycles. The maximum Gasteiger partial charge on any atom is 0.325 e. The van der Waals surface area contributed by atoms with E-state index in [1.807, 2.05) is 0 Å². The molecule has 1 aromatic rings. The number of nitrogens with zero attached hydrogens (tertiary/aromatic N) is 2. The van der Waals surface area contributed by atoms with Crippen LogP contribution in [0.2, 0.25) is 0 Å². The maximum absolute atomic E-state index is 11.8. The zero-order chi connectivity index (χ0) is 12.0. The van der Waals surface area contributed by atoms with Gasteiger partial charge in [0.2, 0.25) is 0 Å². The Morgan fingerprint density at radius 1 is 1.50 bits per heavy atom. The molecule has 6 heteroatoms. The minimum atomic E-state index is -0.405. The molecule has 0 unspecified atom stereocenters. The highest BCUT2D eigenvalue weighted by Gasteiger charge is 2.18. The highest BCUT2D eigenvalue weighted by molar-refractivity contribution is 5.94. The van der Waals surface area contributed by atoms with E-state index in [9.17, 15) is 9.59 Å². The highest BCUT2D eigenvalue weighted by Crippen LogP contribution is 2.00. The Morgan fingerprint density at radius 3 is 2.75 bits per heavy atom. The number of aromatic amines is 1. The monoisotopic (exact) mass is 225 g/mol. The van der Waals surface area contributed by atoms with Gasteiger partial charge < -0.3 is 9.64 Å². The van der Waals surface area contributed by atoms with Crippen molar-refractivity contribution in [2.24, 2.45) is 0 Å². The summed E-state index contributed by atoms with van der Waals surface area (Å²) in [5.41, 5.74) is 0.367. The van der Waals surface area contributed by atoms with Gasteiger partial charge in [0.1, 0.15) is 12.2 Å². The SMILES string of the molecule is CCOC(=O)CN(CC)C(=O)c1ccn[nH]1. The molecule has 0 atom stereocenters. The van der Waals surface area contributed by atoms with Crippen molar-refractivity contribution in [1.29, 1.82) is 0 Å². The number of likely N-dealkylation sites (N-methyl/N-ethyl adjacent to an activating group) is 1. The van der Waals surface area contributed by atoms with Crippen LogP contribution in [0, 0.1) is 0 Å². The first-order valence-electron chi connectivity index (χ1n) is 5.13. The van der Waals surface area contributed by atoms with Crippen LogP contribution in [0.1, 0.15) is 24.3 Å². The number of aromatic nitrogens is 2. The summed E-state index contributed by atoms with van der Waals surface area (Å²) < 4.78 is 4.78. The standard InChI is InChI=1S/C10H15N3O3/c1-3-13(7-9(14)16-4-2)10(15)8-5-6-11-12-8/h5-6H,3-4,7H2,1-2H3,(H,11,12). The molecule has 1 aromatic heterocycles. The number of H-pyrrole nitrogens is 1. The minimum absolute atomic E-state index is 0.0395. The van der Waals surface area contributed by atoms with Gasteiger partial charge >= 0.3 is 5.97 Å². The van der Waals surface area contributed by atoms with Crippen LogP contribution in [-0.2, 0) is 9.53 Å². The number of rotatable bonds is 5. The van der Waals surface area contributed by atoms with Crippen LogP contribution < -0.4 is 0 Å². The molecule has 0 saturated carbocycles. The number of amides is 1. The summed E-state index contributed by atoms with van der Waals surface area (Å²) in [6.45, 7) is 4.24. The van der Waals surface area contributed by atoms with Crippen molar-refractivity contribution in [3.63, 3.8) is 0 Å². The zero-order valence-electron chi connectivity index (χ0n) is 9.40. The van der Waals surface area contributed by atoms with E-state index in [1.54, 1.807) is 19.9 Å². The Hall–Kier alpha value is -1.85. The second kappa shape index (κ2) is 5.89. The molecule has 0 spiro atoms. The molecule has 0 aliphatic heterocycles. The minimum Gasteiger partial charge on any atom is -0.465 e. The highest BCUT2D eigenvalue weighted by atomic mass is 16.5. The Labute approximate surface area is 93.6 Å². The molecule has 0 bridgehead atoms. The van der Waals surface area contributed by atoms with E-state index in [4.69, 9.17) is 4.74 Å². The van der Waals surface area contributed by atoms with Crippen molar-refractivity contribution in [2.75, 3.05) is 19.7 Å². The summed E-state index contributed by atoms with van der Waals surface area (Å²) in [6, 6.07) is 1.57. The van der Waals surface area contributed by atoms with Gasteiger partial charge in [-0.15, -0.1) is 0 Å². The molecule has 0 aromatic carbocycles. The van der Waals surface area contributed by atoms with Crippen molar-refractivity contribution in [1.82, 2.24) is 15.1 Å². The van der Waals surface area contributed by atoms with Gasteiger partial charge in [-0.1, -0.05) is 0 Å². The normalized spacial score (nSPS) is 9.88. The van der Waals surface area contributed by atoms with Gasteiger partial charge in [0.05, 0.1) is 6.61 Å². The lowest BCUT2D eigenvalue weighted by atomic mass is 10.3. The van der Waals surface area contributed by atoms with Gasteiger partial charge in [-0.05, 0) is 19.9 Å².